The minimum absolute atomic E-state index is 0.0234. The van der Waals surface area contributed by atoms with E-state index in [4.69, 9.17) is 10.00 Å². The van der Waals surface area contributed by atoms with Gasteiger partial charge in [0.05, 0.1) is 12.7 Å². The molecule has 80 valence electrons. The number of ether oxygens (including phenoxy) is 1. The van der Waals surface area contributed by atoms with Crippen molar-refractivity contribution in [2.45, 2.75) is 19.3 Å². The molecule has 1 aromatic carbocycles. The lowest BCUT2D eigenvalue weighted by Crippen LogP contribution is -2.13. The van der Waals surface area contributed by atoms with Crippen LogP contribution < -0.4 is 4.74 Å². The van der Waals surface area contributed by atoms with Gasteiger partial charge in [-0.15, -0.1) is 0 Å². The maximum absolute atomic E-state index is 12.1. The molecule has 0 amide bonds. The van der Waals surface area contributed by atoms with Gasteiger partial charge in [-0.05, 0) is 36.6 Å². The zero-order valence-corrected chi connectivity index (χ0v) is 8.82. The highest BCUT2D eigenvalue weighted by Crippen LogP contribution is 2.47. The Morgan fingerprint density at radius 3 is 2.94 bits per heavy atom. The Bertz CT molecular complexity index is 509. The monoisotopic (exact) mass is 213 g/mol. The molecule has 0 N–H and O–H groups in total. The molecule has 1 heterocycles. The van der Waals surface area contributed by atoms with Crippen LogP contribution in [0.15, 0.2) is 18.2 Å². The number of nitrogens with zero attached hydrogens (tertiary/aromatic N) is 1. The van der Waals surface area contributed by atoms with E-state index in [-0.39, 0.29) is 5.78 Å². The molecule has 2 aliphatic rings. The summed E-state index contributed by atoms with van der Waals surface area (Å²) in [7, 11) is 0. The second-order valence-electron chi connectivity index (χ2n) is 4.44. The maximum atomic E-state index is 12.1. The van der Waals surface area contributed by atoms with Crippen molar-refractivity contribution >= 4 is 5.78 Å². The maximum Gasteiger partial charge on any atom is 0.183 e. The Balaban J connectivity index is 1.96. The minimum atomic E-state index is -0.715. The van der Waals surface area contributed by atoms with Gasteiger partial charge in [0, 0.05) is 12.0 Å². The van der Waals surface area contributed by atoms with Crippen molar-refractivity contribution in [2.75, 3.05) is 6.61 Å². The molecule has 3 nitrogen and oxygen atoms in total. The lowest BCUT2D eigenvalue weighted by atomic mass is 9.94. The number of rotatable bonds is 2. The van der Waals surface area contributed by atoms with E-state index in [1.165, 1.54) is 0 Å². The first-order valence-electron chi connectivity index (χ1n) is 5.47. The third kappa shape index (κ3) is 1.23. The molecule has 0 spiro atoms. The number of fused-ring (bicyclic) bond motifs is 1. The molecule has 1 fully saturated rings. The zero-order valence-electron chi connectivity index (χ0n) is 8.82. The largest absolute Gasteiger partial charge is 0.493 e. The van der Waals surface area contributed by atoms with Crippen LogP contribution in [0.1, 0.15) is 28.8 Å². The summed E-state index contributed by atoms with van der Waals surface area (Å²) in [6.45, 7) is 0.691. The molecule has 1 aromatic rings. The van der Waals surface area contributed by atoms with Crippen molar-refractivity contribution in [1.29, 1.82) is 5.26 Å². The van der Waals surface area contributed by atoms with Gasteiger partial charge in [-0.1, -0.05) is 0 Å². The molecule has 1 saturated carbocycles. The Morgan fingerprint density at radius 2 is 2.25 bits per heavy atom. The first-order valence-corrected chi connectivity index (χ1v) is 5.47. The molecule has 0 atom stereocenters. The van der Waals surface area contributed by atoms with Crippen LogP contribution in [0.4, 0.5) is 0 Å². The Morgan fingerprint density at radius 1 is 1.44 bits per heavy atom. The van der Waals surface area contributed by atoms with Crippen LogP contribution >= 0.6 is 0 Å². The number of carbonyl (C=O) groups is 1. The number of benzene rings is 1. The summed E-state index contributed by atoms with van der Waals surface area (Å²) in [5.41, 5.74) is 1.02. The SMILES string of the molecule is N#CC1(C(=O)c2ccc3c(c2)CCO3)CC1. The number of nitriles is 1. The summed E-state index contributed by atoms with van der Waals surface area (Å²) in [5.74, 6) is 0.850. The van der Waals surface area contributed by atoms with Gasteiger partial charge in [0.25, 0.3) is 0 Å². The van der Waals surface area contributed by atoms with Gasteiger partial charge in [-0.2, -0.15) is 5.26 Å². The first-order chi connectivity index (χ1) is 7.75. The number of Topliss-reactive ketones (excluding diaryl/α,β-unsaturated/α-hetero) is 1. The molecule has 1 aliphatic heterocycles. The molecule has 0 bridgehead atoms. The van der Waals surface area contributed by atoms with Gasteiger partial charge in [0.2, 0.25) is 0 Å². The summed E-state index contributed by atoms with van der Waals surface area (Å²) in [6, 6.07) is 7.62. The van der Waals surface area contributed by atoms with Crippen LogP contribution in [-0.2, 0) is 6.42 Å². The van der Waals surface area contributed by atoms with Gasteiger partial charge in [-0.3, -0.25) is 4.79 Å². The highest BCUT2D eigenvalue weighted by molar-refractivity contribution is 6.04. The Hall–Kier alpha value is -1.82. The van der Waals surface area contributed by atoms with Gasteiger partial charge in [0.15, 0.2) is 5.78 Å². The van der Waals surface area contributed by atoms with E-state index in [0.717, 1.165) is 17.7 Å². The summed E-state index contributed by atoms with van der Waals surface area (Å²) < 4.78 is 5.38. The van der Waals surface area contributed by atoms with Gasteiger partial charge in [0.1, 0.15) is 11.2 Å². The Kier molecular flexibility index (Phi) is 1.81. The van der Waals surface area contributed by atoms with Gasteiger partial charge < -0.3 is 4.74 Å². The zero-order chi connectivity index (χ0) is 11.2. The predicted octanol–water partition coefficient (Wildman–Crippen LogP) is 2.11. The number of carbonyl (C=O) groups excluding carboxylic acids is 1. The average Bonchev–Trinajstić information content (AvgIpc) is 2.98. The molecular weight excluding hydrogens is 202 g/mol. The molecule has 0 saturated heterocycles. The molecule has 0 unspecified atom stereocenters. The molecular formula is C13H11NO2. The summed E-state index contributed by atoms with van der Waals surface area (Å²) in [5, 5.41) is 8.99. The lowest BCUT2D eigenvalue weighted by Gasteiger charge is -2.06. The van der Waals surface area contributed by atoms with E-state index in [2.05, 4.69) is 6.07 Å². The van der Waals surface area contributed by atoms with Crippen molar-refractivity contribution in [2.24, 2.45) is 5.41 Å². The normalized spacial score (nSPS) is 19.4. The van der Waals surface area contributed by atoms with Crippen molar-refractivity contribution in [3.8, 4) is 11.8 Å². The molecule has 0 aromatic heterocycles. The molecule has 1 aliphatic carbocycles. The van der Waals surface area contributed by atoms with Gasteiger partial charge in [-0.25, -0.2) is 0 Å². The molecule has 3 rings (SSSR count). The number of hydrogen-bond acceptors (Lipinski definition) is 3. The van der Waals surface area contributed by atoms with Crippen molar-refractivity contribution < 1.29 is 9.53 Å². The van der Waals surface area contributed by atoms with Crippen LogP contribution in [-0.4, -0.2) is 12.4 Å². The smallest absolute Gasteiger partial charge is 0.183 e. The van der Waals surface area contributed by atoms with Crippen LogP contribution in [0.5, 0.6) is 5.75 Å². The van der Waals surface area contributed by atoms with Gasteiger partial charge >= 0.3 is 0 Å². The van der Waals surface area contributed by atoms with Crippen LogP contribution in [0.3, 0.4) is 0 Å². The summed E-state index contributed by atoms with van der Waals surface area (Å²) in [6.07, 6.45) is 2.27. The standard InChI is InChI=1S/C13H11NO2/c14-8-13(4-5-13)12(15)10-1-2-11-9(7-10)3-6-16-11/h1-2,7H,3-6H2. The lowest BCUT2D eigenvalue weighted by molar-refractivity contribution is 0.0934. The second-order valence-corrected chi connectivity index (χ2v) is 4.44. The van der Waals surface area contributed by atoms with E-state index in [1.54, 1.807) is 6.07 Å². The first kappa shape index (κ1) is 9.41. The van der Waals surface area contributed by atoms with Crippen LogP contribution in [0.25, 0.3) is 0 Å². The van der Waals surface area contributed by atoms with E-state index >= 15 is 0 Å². The van der Waals surface area contributed by atoms with Crippen LogP contribution in [0.2, 0.25) is 0 Å². The fourth-order valence-corrected chi connectivity index (χ4v) is 2.12. The van der Waals surface area contributed by atoms with Crippen molar-refractivity contribution in [3.05, 3.63) is 29.3 Å². The molecule has 16 heavy (non-hydrogen) atoms. The fraction of sp³-hybridized carbons (Fsp3) is 0.385. The molecule has 3 heteroatoms. The predicted molar refractivity (Wildman–Crippen MR) is 57.3 cm³/mol. The van der Waals surface area contributed by atoms with E-state index < -0.39 is 5.41 Å². The van der Waals surface area contributed by atoms with E-state index in [9.17, 15) is 4.79 Å². The summed E-state index contributed by atoms with van der Waals surface area (Å²) in [4.78, 5) is 12.1. The average molecular weight is 213 g/mol. The second kappa shape index (κ2) is 3.08. The van der Waals surface area contributed by atoms with Crippen molar-refractivity contribution in [3.63, 3.8) is 0 Å². The number of ketones is 1. The topological polar surface area (TPSA) is 50.1 Å². The highest BCUT2D eigenvalue weighted by Gasteiger charge is 2.50. The third-order valence-electron chi connectivity index (χ3n) is 3.35. The van der Waals surface area contributed by atoms with E-state index in [1.807, 2.05) is 12.1 Å². The number of hydrogen-bond donors (Lipinski definition) is 0. The quantitative estimate of drug-likeness (QED) is 0.707. The third-order valence-corrected chi connectivity index (χ3v) is 3.35. The highest BCUT2D eigenvalue weighted by atomic mass is 16.5. The fourth-order valence-electron chi connectivity index (χ4n) is 2.12. The minimum Gasteiger partial charge on any atom is -0.493 e. The molecule has 0 radical (unpaired) electrons. The summed E-state index contributed by atoms with van der Waals surface area (Å²) >= 11 is 0. The van der Waals surface area contributed by atoms with E-state index in [0.29, 0.717) is 25.0 Å². The Labute approximate surface area is 93.6 Å². The van der Waals surface area contributed by atoms with Crippen molar-refractivity contribution in [1.82, 2.24) is 0 Å². The van der Waals surface area contributed by atoms with Crippen LogP contribution in [0, 0.1) is 16.7 Å².